The molecule has 0 saturated heterocycles. The van der Waals surface area contributed by atoms with Crippen molar-refractivity contribution in [3.63, 3.8) is 0 Å². The Bertz CT molecular complexity index is 1050. The molecule has 142 valence electrons. The second-order valence-electron chi connectivity index (χ2n) is 6.92. The number of aryl methyl sites for hydroxylation is 3. The number of fused-ring (bicyclic) bond motifs is 1. The van der Waals surface area contributed by atoms with Gasteiger partial charge in [0, 0.05) is 12.2 Å². The van der Waals surface area contributed by atoms with Crippen LogP contribution in [0.5, 0.6) is 5.75 Å². The second kappa shape index (κ2) is 8.05. The van der Waals surface area contributed by atoms with Gasteiger partial charge in [0.05, 0.1) is 22.7 Å². The smallest absolute Gasteiger partial charge is 0.333 e. The molecular weight excluding hydrogens is 360 g/mol. The summed E-state index contributed by atoms with van der Waals surface area (Å²) < 4.78 is 9.27. The molecule has 0 amide bonds. The number of nitrogens with zero attached hydrogens (tertiary/aromatic N) is 2. The molecule has 0 aliphatic rings. The lowest BCUT2D eigenvalue weighted by atomic mass is 10.1. The van der Waals surface area contributed by atoms with Gasteiger partial charge in [-0.1, -0.05) is 30.3 Å². The number of unbranched alkanes of at least 4 members (excludes halogenated alkanes) is 1. The first kappa shape index (κ1) is 19.3. The average Bonchev–Trinajstić information content (AvgIpc) is 2.88. The van der Waals surface area contributed by atoms with E-state index in [1.54, 1.807) is 4.57 Å². The third kappa shape index (κ3) is 3.96. The summed E-state index contributed by atoms with van der Waals surface area (Å²) in [6.07, 6.45) is 1.68. The minimum Gasteiger partial charge on any atom is -0.492 e. The van der Waals surface area contributed by atoms with Crippen LogP contribution in [0.4, 0.5) is 0 Å². The molecule has 0 fully saturated rings. The molecule has 0 spiro atoms. The summed E-state index contributed by atoms with van der Waals surface area (Å²) in [5, 5.41) is 0.615. The molecule has 0 aliphatic carbocycles. The van der Waals surface area contributed by atoms with Crippen LogP contribution in [0.25, 0.3) is 16.7 Å². The number of imidazole rings is 1. The molecule has 2 aromatic carbocycles. The van der Waals surface area contributed by atoms with E-state index in [0.29, 0.717) is 23.9 Å². The van der Waals surface area contributed by atoms with E-state index < -0.39 is 0 Å². The summed E-state index contributed by atoms with van der Waals surface area (Å²) in [5.74, 6) is 0.696. The molecular formula is C22H25ClN2O2. The number of rotatable bonds is 7. The summed E-state index contributed by atoms with van der Waals surface area (Å²) in [6.45, 7) is 11.2. The highest BCUT2D eigenvalue weighted by atomic mass is 35.5. The van der Waals surface area contributed by atoms with Crippen LogP contribution in [-0.2, 0) is 6.54 Å². The van der Waals surface area contributed by atoms with Crippen molar-refractivity contribution in [2.24, 2.45) is 0 Å². The highest BCUT2D eigenvalue weighted by Crippen LogP contribution is 2.24. The van der Waals surface area contributed by atoms with Gasteiger partial charge in [0.2, 0.25) is 0 Å². The Kier molecular flexibility index (Phi) is 5.76. The van der Waals surface area contributed by atoms with Crippen LogP contribution in [0, 0.1) is 13.8 Å². The van der Waals surface area contributed by atoms with Crippen LogP contribution < -0.4 is 10.4 Å². The highest BCUT2D eigenvalue weighted by Gasteiger charge is 2.14. The molecule has 0 saturated carbocycles. The fourth-order valence-electron chi connectivity index (χ4n) is 3.21. The number of para-hydroxylation sites is 1. The Morgan fingerprint density at radius 3 is 2.44 bits per heavy atom. The Balaban J connectivity index is 1.74. The molecule has 0 aliphatic heterocycles. The van der Waals surface area contributed by atoms with Gasteiger partial charge in [-0.2, -0.15) is 0 Å². The standard InChI is InChI=1S/C22H25ClN2O2/c1-15(2)25-20-14-17(4)16(3)13-19(20)24(22(25)26)11-7-8-12-27-21-10-6-5-9-18(21)23/h5-6,9-10,13-14H,1,7-8,11-12H2,2-4H3. The van der Waals surface area contributed by atoms with Gasteiger partial charge in [0.1, 0.15) is 5.75 Å². The number of halogens is 1. The van der Waals surface area contributed by atoms with Crippen LogP contribution in [-0.4, -0.2) is 15.7 Å². The Labute approximate surface area is 164 Å². The van der Waals surface area contributed by atoms with Gasteiger partial charge in [-0.05, 0) is 69.0 Å². The maximum Gasteiger partial charge on any atom is 0.333 e. The van der Waals surface area contributed by atoms with Crippen LogP contribution in [0.15, 0.2) is 47.8 Å². The number of hydrogen-bond donors (Lipinski definition) is 0. The molecule has 0 radical (unpaired) electrons. The van der Waals surface area contributed by atoms with E-state index in [1.807, 2.05) is 35.8 Å². The topological polar surface area (TPSA) is 36.2 Å². The molecule has 5 heteroatoms. The van der Waals surface area contributed by atoms with E-state index >= 15 is 0 Å². The van der Waals surface area contributed by atoms with Crippen molar-refractivity contribution in [2.75, 3.05) is 6.61 Å². The fourth-order valence-corrected chi connectivity index (χ4v) is 3.40. The average molecular weight is 385 g/mol. The van der Waals surface area contributed by atoms with E-state index in [0.717, 1.165) is 29.6 Å². The van der Waals surface area contributed by atoms with E-state index in [1.165, 1.54) is 11.1 Å². The number of hydrogen-bond acceptors (Lipinski definition) is 2. The molecule has 3 aromatic rings. The van der Waals surface area contributed by atoms with Crippen molar-refractivity contribution >= 4 is 28.3 Å². The van der Waals surface area contributed by atoms with Crippen LogP contribution in [0.1, 0.15) is 30.9 Å². The first-order chi connectivity index (χ1) is 12.9. The predicted octanol–water partition coefficient (Wildman–Crippen LogP) is 5.42. The summed E-state index contributed by atoms with van der Waals surface area (Å²) in [5.41, 5.74) is 4.92. The van der Waals surface area contributed by atoms with E-state index in [9.17, 15) is 4.79 Å². The maximum absolute atomic E-state index is 12.9. The lowest BCUT2D eigenvalue weighted by molar-refractivity contribution is 0.303. The van der Waals surface area contributed by atoms with Crippen molar-refractivity contribution in [3.05, 3.63) is 69.6 Å². The first-order valence-electron chi connectivity index (χ1n) is 9.16. The zero-order valence-corrected chi connectivity index (χ0v) is 16.8. The third-order valence-electron chi connectivity index (χ3n) is 4.80. The van der Waals surface area contributed by atoms with Gasteiger partial charge in [0.15, 0.2) is 0 Å². The van der Waals surface area contributed by atoms with Gasteiger partial charge in [0.25, 0.3) is 0 Å². The molecule has 0 unspecified atom stereocenters. The summed E-state index contributed by atoms with van der Waals surface area (Å²) >= 11 is 6.10. The predicted molar refractivity (Wildman–Crippen MR) is 113 cm³/mol. The van der Waals surface area contributed by atoms with Gasteiger partial charge < -0.3 is 4.74 Å². The third-order valence-corrected chi connectivity index (χ3v) is 5.11. The van der Waals surface area contributed by atoms with Gasteiger partial charge in [-0.3, -0.25) is 9.13 Å². The molecule has 4 nitrogen and oxygen atoms in total. The molecule has 3 rings (SSSR count). The normalized spacial score (nSPS) is 11.1. The van der Waals surface area contributed by atoms with Crippen LogP contribution in [0.3, 0.4) is 0 Å². The van der Waals surface area contributed by atoms with Crippen molar-refractivity contribution in [2.45, 2.75) is 40.2 Å². The minimum atomic E-state index is -0.0328. The van der Waals surface area contributed by atoms with Crippen LogP contribution in [0.2, 0.25) is 5.02 Å². The largest absolute Gasteiger partial charge is 0.492 e. The van der Waals surface area contributed by atoms with Gasteiger partial charge in [-0.25, -0.2) is 4.79 Å². The molecule has 0 N–H and O–H groups in total. The van der Waals surface area contributed by atoms with Gasteiger partial charge in [-0.15, -0.1) is 0 Å². The zero-order valence-electron chi connectivity index (χ0n) is 16.1. The number of benzene rings is 2. The Hall–Kier alpha value is -2.46. The zero-order chi connectivity index (χ0) is 19.6. The Morgan fingerprint density at radius 1 is 1.11 bits per heavy atom. The number of aromatic nitrogens is 2. The maximum atomic E-state index is 12.9. The number of allylic oxidation sites excluding steroid dienone is 1. The molecule has 0 bridgehead atoms. The van der Waals surface area contributed by atoms with E-state index in [2.05, 4.69) is 32.6 Å². The van der Waals surface area contributed by atoms with Crippen molar-refractivity contribution in [1.82, 2.24) is 9.13 Å². The first-order valence-corrected chi connectivity index (χ1v) is 9.53. The SMILES string of the molecule is C=C(C)n1c(=O)n(CCCCOc2ccccc2Cl)c2cc(C)c(C)cc21. The molecule has 1 aromatic heterocycles. The quantitative estimate of drug-likeness (QED) is 0.509. The van der Waals surface area contributed by atoms with Crippen molar-refractivity contribution < 1.29 is 4.74 Å². The van der Waals surface area contributed by atoms with E-state index in [4.69, 9.17) is 16.3 Å². The highest BCUT2D eigenvalue weighted by molar-refractivity contribution is 6.32. The van der Waals surface area contributed by atoms with Crippen molar-refractivity contribution in [3.8, 4) is 5.75 Å². The monoisotopic (exact) mass is 384 g/mol. The summed E-state index contributed by atoms with van der Waals surface area (Å²) in [4.78, 5) is 12.9. The number of ether oxygens (including phenoxy) is 1. The van der Waals surface area contributed by atoms with Crippen LogP contribution >= 0.6 is 11.6 Å². The minimum absolute atomic E-state index is 0.0328. The Morgan fingerprint density at radius 2 is 1.78 bits per heavy atom. The second-order valence-corrected chi connectivity index (χ2v) is 7.32. The lowest BCUT2D eigenvalue weighted by Gasteiger charge is -2.08. The molecule has 0 atom stereocenters. The molecule has 1 heterocycles. The van der Waals surface area contributed by atoms with Crippen molar-refractivity contribution in [1.29, 1.82) is 0 Å². The summed E-state index contributed by atoms with van der Waals surface area (Å²) in [7, 11) is 0. The lowest BCUT2D eigenvalue weighted by Crippen LogP contribution is -2.23. The van der Waals surface area contributed by atoms with Gasteiger partial charge >= 0.3 is 5.69 Å². The van der Waals surface area contributed by atoms with E-state index in [-0.39, 0.29) is 5.69 Å². The molecule has 27 heavy (non-hydrogen) atoms. The fraction of sp³-hybridized carbons (Fsp3) is 0.318. The summed E-state index contributed by atoms with van der Waals surface area (Å²) in [6, 6.07) is 11.6.